The van der Waals surface area contributed by atoms with Crippen LogP contribution in [0.2, 0.25) is 5.02 Å². The second-order valence-corrected chi connectivity index (χ2v) is 4.40. The van der Waals surface area contributed by atoms with Crippen LogP contribution >= 0.6 is 11.6 Å². The van der Waals surface area contributed by atoms with Crippen molar-refractivity contribution in [2.45, 2.75) is 0 Å². The Morgan fingerprint density at radius 2 is 1.42 bits per heavy atom. The van der Waals surface area contributed by atoms with Gasteiger partial charge in [-0.1, -0.05) is 11.6 Å². The molecule has 2 aromatic carbocycles. The Bertz CT molecular complexity index is 544. The van der Waals surface area contributed by atoms with Crippen molar-refractivity contribution >= 4 is 23.0 Å². The third-order valence-electron chi connectivity index (χ3n) is 2.55. The highest BCUT2D eigenvalue weighted by atomic mass is 35.5. The molecule has 0 bridgehead atoms. The topological polar surface area (TPSA) is 24.1 Å². The summed E-state index contributed by atoms with van der Waals surface area (Å²) >= 11 is 5.67. The standard InChI is InChI=1S/C14H13ClF2N2/c15-13-9-12(5-6-14(13)17)19-8-7-18-11-3-1-10(16)2-4-11/h1-6,9,18-19H,7-8H2. The predicted molar refractivity (Wildman–Crippen MR) is 74.8 cm³/mol. The van der Waals surface area contributed by atoms with Crippen molar-refractivity contribution in [1.82, 2.24) is 0 Å². The molecule has 0 fully saturated rings. The van der Waals surface area contributed by atoms with Crippen LogP contribution in [0.5, 0.6) is 0 Å². The first-order valence-electron chi connectivity index (χ1n) is 5.83. The van der Waals surface area contributed by atoms with Crippen LogP contribution in [0, 0.1) is 11.6 Å². The molecule has 2 aromatic rings. The zero-order chi connectivity index (χ0) is 13.7. The number of hydrogen-bond donors (Lipinski definition) is 2. The first-order chi connectivity index (χ1) is 9.15. The van der Waals surface area contributed by atoms with Crippen LogP contribution in [-0.4, -0.2) is 13.1 Å². The van der Waals surface area contributed by atoms with Gasteiger partial charge in [0.25, 0.3) is 0 Å². The van der Waals surface area contributed by atoms with Crippen molar-refractivity contribution in [2.75, 3.05) is 23.7 Å². The minimum atomic E-state index is -0.434. The lowest BCUT2D eigenvalue weighted by Gasteiger charge is -2.09. The van der Waals surface area contributed by atoms with Crippen LogP contribution in [0.25, 0.3) is 0 Å². The van der Waals surface area contributed by atoms with E-state index in [1.807, 2.05) is 0 Å². The zero-order valence-corrected chi connectivity index (χ0v) is 10.8. The Labute approximate surface area is 115 Å². The number of hydrogen-bond acceptors (Lipinski definition) is 2. The van der Waals surface area contributed by atoms with E-state index in [1.54, 1.807) is 18.2 Å². The van der Waals surface area contributed by atoms with E-state index in [0.717, 1.165) is 11.4 Å². The first-order valence-corrected chi connectivity index (χ1v) is 6.21. The van der Waals surface area contributed by atoms with Crippen molar-refractivity contribution in [1.29, 1.82) is 0 Å². The van der Waals surface area contributed by atoms with E-state index < -0.39 is 5.82 Å². The van der Waals surface area contributed by atoms with Crippen molar-refractivity contribution in [3.8, 4) is 0 Å². The maximum absolute atomic E-state index is 12.9. The Morgan fingerprint density at radius 3 is 2.05 bits per heavy atom. The molecular weight excluding hydrogens is 270 g/mol. The molecule has 0 amide bonds. The summed E-state index contributed by atoms with van der Waals surface area (Å²) in [5, 5.41) is 6.33. The molecule has 19 heavy (non-hydrogen) atoms. The Morgan fingerprint density at radius 1 is 0.842 bits per heavy atom. The lowest BCUT2D eigenvalue weighted by atomic mass is 10.3. The normalized spacial score (nSPS) is 10.3. The van der Waals surface area contributed by atoms with Gasteiger partial charge in [-0.3, -0.25) is 0 Å². The summed E-state index contributed by atoms with van der Waals surface area (Å²) in [6, 6.07) is 10.6. The molecule has 0 saturated carbocycles. The quantitative estimate of drug-likeness (QED) is 0.805. The van der Waals surface area contributed by atoms with Gasteiger partial charge in [-0.25, -0.2) is 8.78 Å². The van der Waals surface area contributed by atoms with E-state index in [0.29, 0.717) is 13.1 Å². The molecule has 0 aromatic heterocycles. The highest BCUT2D eigenvalue weighted by Crippen LogP contribution is 2.19. The van der Waals surface area contributed by atoms with Crippen LogP contribution in [-0.2, 0) is 0 Å². The summed E-state index contributed by atoms with van der Waals surface area (Å²) in [5.74, 6) is -0.693. The van der Waals surface area contributed by atoms with Gasteiger partial charge in [0.15, 0.2) is 0 Å². The maximum atomic E-state index is 12.9. The lowest BCUT2D eigenvalue weighted by Crippen LogP contribution is -2.13. The number of nitrogens with one attached hydrogen (secondary N) is 2. The molecule has 0 unspecified atom stereocenters. The summed E-state index contributed by atoms with van der Waals surface area (Å²) in [5.41, 5.74) is 1.60. The number of halogens is 3. The largest absolute Gasteiger partial charge is 0.383 e. The van der Waals surface area contributed by atoms with Crippen LogP contribution in [0.15, 0.2) is 42.5 Å². The fraction of sp³-hybridized carbons (Fsp3) is 0.143. The SMILES string of the molecule is Fc1ccc(NCCNc2ccc(F)c(Cl)c2)cc1. The van der Waals surface area contributed by atoms with E-state index in [2.05, 4.69) is 10.6 Å². The number of rotatable bonds is 5. The average Bonchev–Trinajstić information content (AvgIpc) is 2.41. The molecule has 0 aliphatic heterocycles. The fourth-order valence-electron chi connectivity index (χ4n) is 1.59. The summed E-state index contributed by atoms with van der Waals surface area (Å²) in [6.07, 6.45) is 0. The summed E-state index contributed by atoms with van der Waals surface area (Å²) in [4.78, 5) is 0. The van der Waals surface area contributed by atoms with E-state index in [9.17, 15) is 8.78 Å². The average molecular weight is 283 g/mol. The third kappa shape index (κ3) is 4.10. The predicted octanol–water partition coefficient (Wildman–Crippen LogP) is 4.14. The van der Waals surface area contributed by atoms with Gasteiger partial charge < -0.3 is 10.6 Å². The third-order valence-corrected chi connectivity index (χ3v) is 2.84. The first kappa shape index (κ1) is 13.6. The van der Waals surface area contributed by atoms with E-state index in [1.165, 1.54) is 24.3 Å². The van der Waals surface area contributed by atoms with Gasteiger partial charge >= 0.3 is 0 Å². The molecule has 0 saturated heterocycles. The van der Waals surface area contributed by atoms with Crippen LogP contribution in [0.1, 0.15) is 0 Å². The second-order valence-electron chi connectivity index (χ2n) is 3.99. The van der Waals surface area contributed by atoms with Gasteiger partial charge in [0.1, 0.15) is 11.6 Å². The maximum Gasteiger partial charge on any atom is 0.141 e. The van der Waals surface area contributed by atoms with Gasteiger partial charge in [-0.15, -0.1) is 0 Å². The lowest BCUT2D eigenvalue weighted by molar-refractivity contribution is 0.627. The van der Waals surface area contributed by atoms with Gasteiger partial charge in [0, 0.05) is 24.5 Å². The van der Waals surface area contributed by atoms with E-state index in [4.69, 9.17) is 11.6 Å². The summed E-state index contributed by atoms with van der Waals surface area (Å²) in [6.45, 7) is 1.29. The molecule has 2 N–H and O–H groups in total. The fourth-order valence-corrected chi connectivity index (χ4v) is 1.77. The molecule has 0 spiro atoms. The molecule has 2 nitrogen and oxygen atoms in total. The summed E-state index contributed by atoms with van der Waals surface area (Å²) in [7, 11) is 0. The molecule has 0 radical (unpaired) electrons. The second kappa shape index (κ2) is 6.38. The molecule has 0 heterocycles. The van der Waals surface area contributed by atoms with E-state index in [-0.39, 0.29) is 10.8 Å². The Kier molecular flexibility index (Phi) is 4.58. The zero-order valence-electron chi connectivity index (χ0n) is 10.1. The van der Waals surface area contributed by atoms with Gasteiger partial charge in [0.2, 0.25) is 0 Å². The minimum absolute atomic E-state index is 0.0940. The highest BCUT2D eigenvalue weighted by molar-refractivity contribution is 6.31. The van der Waals surface area contributed by atoms with Crippen molar-refractivity contribution in [3.05, 3.63) is 59.1 Å². The van der Waals surface area contributed by atoms with Gasteiger partial charge in [0.05, 0.1) is 5.02 Å². The number of benzene rings is 2. The molecule has 0 aliphatic carbocycles. The van der Waals surface area contributed by atoms with Crippen LogP contribution in [0.3, 0.4) is 0 Å². The monoisotopic (exact) mass is 282 g/mol. The van der Waals surface area contributed by atoms with Crippen LogP contribution < -0.4 is 10.6 Å². The van der Waals surface area contributed by atoms with Gasteiger partial charge in [-0.05, 0) is 42.5 Å². The van der Waals surface area contributed by atoms with Crippen molar-refractivity contribution in [3.63, 3.8) is 0 Å². The Balaban J connectivity index is 1.77. The van der Waals surface area contributed by atoms with Gasteiger partial charge in [-0.2, -0.15) is 0 Å². The Hall–Kier alpha value is -1.81. The summed E-state index contributed by atoms with van der Waals surface area (Å²) < 4.78 is 25.6. The highest BCUT2D eigenvalue weighted by Gasteiger charge is 2.00. The molecular formula is C14H13ClF2N2. The molecule has 0 atom stereocenters. The molecule has 5 heteroatoms. The molecule has 0 aliphatic rings. The molecule has 2 rings (SSSR count). The molecule has 100 valence electrons. The minimum Gasteiger partial charge on any atom is -0.383 e. The smallest absolute Gasteiger partial charge is 0.141 e. The van der Waals surface area contributed by atoms with Crippen molar-refractivity contribution < 1.29 is 8.78 Å². The number of anilines is 2. The van der Waals surface area contributed by atoms with Crippen molar-refractivity contribution in [2.24, 2.45) is 0 Å². The van der Waals surface area contributed by atoms with Crippen LogP contribution in [0.4, 0.5) is 20.2 Å². The van der Waals surface area contributed by atoms with E-state index >= 15 is 0 Å².